The van der Waals surface area contributed by atoms with Gasteiger partial charge in [-0.15, -0.1) is 0 Å². The monoisotopic (exact) mass is 327 g/mol. The molecular weight excluding hydrogens is 308 g/mol. The molecule has 0 radical (unpaired) electrons. The third-order valence-corrected chi connectivity index (χ3v) is 4.16. The fraction of sp³-hybridized carbons (Fsp3) is 0.467. The number of hydrogen-bond acceptors (Lipinski definition) is 3. The van der Waals surface area contributed by atoms with Crippen LogP contribution in [0.15, 0.2) is 29.4 Å². The summed E-state index contributed by atoms with van der Waals surface area (Å²) in [5.74, 6) is 0.165. The van der Waals surface area contributed by atoms with Gasteiger partial charge in [0.1, 0.15) is 0 Å². The average Bonchev–Trinajstić information content (AvgIpc) is 2.82. The van der Waals surface area contributed by atoms with Crippen LogP contribution in [-0.2, 0) is 4.79 Å². The maximum atomic E-state index is 13.3. The summed E-state index contributed by atoms with van der Waals surface area (Å²) in [4.78, 5) is 16.2. The van der Waals surface area contributed by atoms with E-state index in [1.807, 2.05) is 13.8 Å². The zero-order valence-corrected chi connectivity index (χ0v) is 13.5. The predicted octanol–water partition coefficient (Wildman–Crippen LogP) is 3.68. The van der Waals surface area contributed by atoms with Crippen molar-refractivity contribution < 1.29 is 13.6 Å². The number of fused-ring (bicyclic) bond motifs is 1. The van der Waals surface area contributed by atoms with Crippen LogP contribution in [0.1, 0.15) is 27.3 Å². The van der Waals surface area contributed by atoms with Crippen LogP contribution in [0.3, 0.4) is 0 Å². The topological polar surface area (TPSA) is 46.9 Å². The highest BCUT2D eigenvalue weighted by atomic mass is 32.2. The fourth-order valence-corrected chi connectivity index (χ4v) is 2.90. The molecule has 1 atom stereocenters. The fourth-order valence-electron chi connectivity index (χ4n) is 1.95. The Morgan fingerprint density at radius 1 is 1.32 bits per heavy atom. The number of thioether (sulfide) groups is 1. The van der Waals surface area contributed by atoms with Gasteiger partial charge >= 0.3 is 6.55 Å². The van der Waals surface area contributed by atoms with Gasteiger partial charge in [-0.25, -0.2) is 4.98 Å². The van der Waals surface area contributed by atoms with Gasteiger partial charge in [0.2, 0.25) is 5.91 Å². The second-order valence-corrected chi connectivity index (χ2v) is 6.74. The second kappa shape index (κ2) is 7.09. The van der Waals surface area contributed by atoms with E-state index < -0.39 is 11.8 Å². The molecule has 1 amide bonds. The number of halogens is 2. The number of carbonyl (C=O) groups excluding carboxylic acids is 1. The number of amides is 1. The van der Waals surface area contributed by atoms with E-state index in [-0.39, 0.29) is 11.1 Å². The summed E-state index contributed by atoms with van der Waals surface area (Å²) < 4.78 is 27.5. The maximum Gasteiger partial charge on any atom is 0.321 e. The molecule has 0 saturated carbocycles. The number of imidazole rings is 1. The summed E-state index contributed by atoms with van der Waals surface area (Å²) >= 11 is 1.04. The average molecular weight is 327 g/mol. The molecule has 22 heavy (non-hydrogen) atoms. The zero-order valence-electron chi connectivity index (χ0n) is 12.7. The first-order valence-electron chi connectivity index (χ1n) is 7.09. The number of hydrogen-bond donors (Lipinski definition) is 1. The van der Waals surface area contributed by atoms with Gasteiger partial charge < -0.3 is 5.32 Å². The molecule has 2 rings (SSSR count). The predicted molar refractivity (Wildman–Crippen MR) is 84.2 cm³/mol. The number of nitrogens with zero attached hydrogens (tertiary/aromatic N) is 2. The first-order valence-corrected chi connectivity index (χ1v) is 7.97. The highest BCUT2D eigenvalue weighted by Crippen LogP contribution is 2.31. The minimum absolute atomic E-state index is 0.156. The molecule has 0 aliphatic carbocycles. The Morgan fingerprint density at radius 3 is 2.64 bits per heavy atom. The van der Waals surface area contributed by atoms with Crippen molar-refractivity contribution in [1.29, 1.82) is 0 Å². The number of benzene rings is 1. The van der Waals surface area contributed by atoms with E-state index >= 15 is 0 Å². The summed E-state index contributed by atoms with van der Waals surface area (Å²) in [6.07, 6.45) is 0. The van der Waals surface area contributed by atoms with E-state index in [0.717, 1.165) is 16.3 Å². The molecule has 0 bridgehead atoms. The molecule has 0 fully saturated rings. The molecule has 120 valence electrons. The van der Waals surface area contributed by atoms with Gasteiger partial charge in [0, 0.05) is 6.54 Å². The summed E-state index contributed by atoms with van der Waals surface area (Å²) in [6, 6.07) is 6.72. The maximum absolute atomic E-state index is 13.3. The van der Waals surface area contributed by atoms with Crippen LogP contribution >= 0.6 is 11.8 Å². The normalized spacial score (nSPS) is 13.0. The lowest BCUT2D eigenvalue weighted by molar-refractivity contribution is -0.120. The van der Waals surface area contributed by atoms with Crippen molar-refractivity contribution in [1.82, 2.24) is 14.9 Å². The molecule has 1 aromatic heterocycles. The Morgan fingerprint density at radius 2 is 2.00 bits per heavy atom. The van der Waals surface area contributed by atoms with E-state index in [0.29, 0.717) is 23.5 Å². The van der Waals surface area contributed by atoms with Crippen LogP contribution in [0, 0.1) is 5.92 Å². The Bertz CT molecular complexity index is 657. The number of carbonyl (C=O) groups is 1. The van der Waals surface area contributed by atoms with Gasteiger partial charge in [-0.1, -0.05) is 37.7 Å². The third kappa shape index (κ3) is 3.76. The van der Waals surface area contributed by atoms with Crippen molar-refractivity contribution in [3.05, 3.63) is 24.3 Å². The molecule has 1 N–H and O–H groups in total. The number of rotatable bonds is 6. The molecule has 1 aromatic carbocycles. The van der Waals surface area contributed by atoms with Crippen molar-refractivity contribution in [2.24, 2.45) is 5.92 Å². The quantitative estimate of drug-likeness (QED) is 0.823. The molecule has 0 aliphatic heterocycles. The number of nitrogens with one attached hydrogen (secondary N) is 1. The summed E-state index contributed by atoms with van der Waals surface area (Å²) in [6.45, 7) is 3.55. The standard InChI is InChI=1S/C15H19F2N3OS/c1-9(2)8-18-13(21)10(3)22-15-19-11-6-4-5-7-12(11)20(15)14(16)17/h4-7,9-10,14H,8H2,1-3H3,(H,18,21). The second-order valence-electron chi connectivity index (χ2n) is 5.43. The van der Waals surface area contributed by atoms with Crippen molar-refractivity contribution >= 4 is 28.7 Å². The largest absolute Gasteiger partial charge is 0.355 e. The van der Waals surface area contributed by atoms with E-state index in [1.54, 1.807) is 31.2 Å². The van der Waals surface area contributed by atoms with E-state index in [1.165, 1.54) is 0 Å². The van der Waals surface area contributed by atoms with Crippen LogP contribution in [0.25, 0.3) is 11.0 Å². The first-order chi connectivity index (χ1) is 10.4. The van der Waals surface area contributed by atoms with Gasteiger partial charge in [0.05, 0.1) is 16.3 Å². The molecule has 0 spiro atoms. The van der Waals surface area contributed by atoms with Crippen molar-refractivity contribution in [2.75, 3.05) is 6.54 Å². The Labute approximate surface area is 132 Å². The molecule has 4 nitrogen and oxygen atoms in total. The highest BCUT2D eigenvalue weighted by molar-refractivity contribution is 8.00. The van der Waals surface area contributed by atoms with E-state index in [9.17, 15) is 13.6 Å². The van der Waals surface area contributed by atoms with Crippen LogP contribution < -0.4 is 5.32 Å². The van der Waals surface area contributed by atoms with Crippen LogP contribution in [0.2, 0.25) is 0 Å². The Balaban J connectivity index is 2.20. The van der Waals surface area contributed by atoms with Crippen LogP contribution in [0.5, 0.6) is 0 Å². The molecule has 0 aliphatic rings. The smallest absolute Gasteiger partial charge is 0.321 e. The SMILES string of the molecule is CC(C)CNC(=O)C(C)Sc1nc2ccccc2n1C(F)F. The molecular formula is C15H19F2N3OS. The number of aromatic nitrogens is 2. The van der Waals surface area contributed by atoms with Crippen molar-refractivity contribution in [2.45, 2.75) is 37.7 Å². The number of alkyl halides is 2. The summed E-state index contributed by atoms with van der Waals surface area (Å²) in [5.41, 5.74) is 0.870. The molecule has 0 saturated heterocycles. The number of para-hydroxylation sites is 2. The van der Waals surface area contributed by atoms with Crippen LogP contribution in [0.4, 0.5) is 8.78 Å². The van der Waals surface area contributed by atoms with E-state index in [4.69, 9.17) is 0 Å². The minimum atomic E-state index is -2.69. The molecule has 1 unspecified atom stereocenters. The van der Waals surface area contributed by atoms with Crippen LogP contribution in [-0.4, -0.2) is 27.3 Å². The minimum Gasteiger partial charge on any atom is -0.355 e. The van der Waals surface area contributed by atoms with Gasteiger partial charge in [-0.05, 0) is 25.0 Å². The van der Waals surface area contributed by atoms with Gasteiger partial charge in [-0.3, -0.25) is 9.36 Å². The zero-order chi connectivity index (χ0) is 16.3. The van der Waals surface area contributed by atoms with Crippen molar-refractivity contribution in [3.63, 3.8) is 0 Å². The summed E-state index contributed by atoms with van der Waals surface area (Å²) in [5, 5.41) is 2.46. The summed E-state index contributed by atoms with van der Waals surface area (Å²) in [7, 11) is 0. The lowest BCUT2D eigenvalue weighted by Crippen LogP contribution is -2.33. The molecule has 1 heterocycles. The van der Waals surface area contributed by atoms with Gasteiger partial charge in [0.25, 0.3) is 0 Å². The highest BCUT2D eigenvalue weighted by Gasteiger charge is 2.22. The van der Waals surface area contributed by atoms with Crippen molar-refractivity contribution in [3.8, 4) is 0 Å². The van der Waals surface area contributed by atoms with Gasteiger partial charge in [-0.2, -0.15) is 8.78 Å². The Kier molecular flexibility index (Phi) is 5.39. The molecule has 2 aromatic rings. The Hall–Kier alpha value is -1.63. The van der Waals surface area contributed by atoms with Gasteiger partial charge in [0.15, 0.2) is 5.16 Å². The first kappa shape index (κ1) is 16.7. The molecule has 7 heteroatoms. The van der Waals surface area contributed by atoms with E-state index in [2.05, 4.69) is 10.3 Å². The third-order valence-electron chi connectivity index (χ3n) is 3.09. The lowest BCUT2D eigenvalue weighted by Gasteiger charge is -2.14. The lowest BCUT2D eigenvalue weighted by atomic mass is 10.2.